The second kappa shape index (κ2) is 19.1. The van der Waals surface area contributed by atoms with Gasteiger partial charge < -0.3 is 37.9 Å². The van der Waals surface area contributed by atoms with Crippen molar-refractivity contribution in [1.29, 1.82) is 0 Å². The summed E-state index contributed by atoms with van der Waals surface area (Å²) in [6, 6.07) is 0. The molecule has 0 saturated carbocycles. The summed E-state index contributed by atoms with van der Waals surface area (Å²) in [7, 11) is -4.64. The largest absolute Gasteiger partial charge is 0.466 e. The van der Waals surface area contributed by atoms with E-state index in [1.165, 1.54) is 0 Å². The highest BCUT2D eigenvalue weighted by molar-refractivity contribution is 7.45. The highest BCUT2D eigenvalue weighted by Gasteiger charge is 2.00. The van der Waals surface area contributed by atoms with Crippen LogP contribution in [0.3, 0.4) is 0 Å². The van der Waals surface area contributed by atoms with Crippen LogP contribution >= 0.6 is 7.82 Å². The predicted molar refractivity (Wildman–Crippen MR) is 60.5 cm³/mol. The second-order valence-corrected chi connectivity index (χ2v) is 2.65. The van der Waals surface area contributed by atoms with Crippen molar-refractivity contribution in [2.75, 3.05) is 13.2 Å². The van der Waals surface area contributed by atoms with Crippen molar-refractivity contribution in [2.24, 2.45) is 0 Å². The molecule has 0 atom stereocenters. The van der Waals surface area contributed by atoms with E-state index in [9.17, 15) is 0 Å². The van der Waals surface area contributed by atoms with Gasteiger partial charge in [0, 0.05) is 0 Å². The molecule has 0 aliphatic heterocycles. The highest BCUT2D eigenvalue weighted by Crippen LogP contribution is 2.25. The number of phosphoric acid groups is 1. The van der Waals surface area contributed by atoms with Crippen LogP contribution in [0.5, 0.6) is 0 Å². The van der Waals surface area contributed by atoms with Crippen molar-refractivity contribution in [3.8, 4) is 0 Å². The first-order valence-corrected chi connectivity index (χ1v) is 4.56. The normalized spacial score (nSPS) is 7.67. The quantitative estimate of drug-likeness (QED) is 0.240. The predicted octanol–water partition coefficient (Wildman–Crippen LogP) is 0.932. The molecule has 0 fully saturated rings. The standard InChI is InChI=1S/C6H10O.3H3N.H3O4P/c1-3-5-7-6-4-2;;;;1-5(2,3)4/h3-4H,1-2,5-6H2;3*1H3;(H3,1,2,3,4). The zero-order chi connectivity index (χ0) is 10.0. The van der Waals surface area contributed by atoms with Crippen LogP contribution in [-0.4, -0.2) is 27.9 Å². The first kappa shape index (κ1) is 29.3. The summed E-state index contributed by atoms with van der Waals surface area (Å²) in [5, 5.41) is 0. The molecule has 96 valence electrons. The van der Waals surface area contributed by atoms with E-state index in [0.717, 1.165) is 0 Å². The maximum atomic E-state index is 8.88. The fourth-order valence-electron chi connectivity index (χ4n) is 0.235. The molecule has 0 aromatic heterocycles. The van der Waals surface area contributed by atoms with Crippen molar-refractivity contribution in [3.05, 3.63) is 25.3 Å². The number of hydrogen-bond donors (Lipinski definition) is 6. The molecule has 0 aromatic carbocycles. The van der Waals surface area contributed by atoms with Crippen LogP contribution in [0.1, 0.15) is 0 Å². The Morgan fingerprint density at radius 2 is 1.20 bits per heavy atom. The molecule has 12 N–H and O–H groups in total. The molecule has 0 aliphatic rings. The summed E-state index contributed by atoms with van der Waals surface area (Å²) in [5.41, 5.74) is 0. The van der Waals surface area contributed by atoms with E-state index >= 15 is 0 Å². The summed E-state index contributed by atoms with van der Waals surface area (Å²) in [5.74, 6) is 0. The van der Waals surface area contributed by atoms with Gasteiger partial charge in [0.2, 0.25) is 0 Å². The van der Waals surface area contributed by atoms with E-state index in [2.05, 4.69) is 13.2 Å². The molecule has 0 aliphatic carbocycles. The number of hydrogen-bond acceptors (Lipinski definition) is 5. The van der Waals surface area contributed by atoms with Crippen LogP contribution in [0.2, 0.25) is 0 Å². The first-order chi connectivity index (χ1) is 5.41. The maximum Gasteiger partial charge on any atom is 0.466 e. The van der Waals surface area contributed by atoms with Crippen molar-refractivity contribution >= 4 is 7.82 Å². The first-order valence-electron chi connectivity index (χ1n) is 2.99. The summed E-state index contributed by atoms with van der Waals surface area (Å²) < 4.78 is 13.8. The van der Waals surface area contributed by atoms with Crippen LogP contribution in [0.15, 0.2) is 25.3 Å². The molecule has 0 saturated heterocycles. The molecule has 0 spiro atoms. The minimum atomic E-state index is -4.64. The van der Waals surface area contributed by atoms with E-state index in [1.807, 2.05) is 0 Å². The van der Waals surface area contributed by atoms with E-state index in [1.54, 1.807) is 12.2 Å². The van der Waals surface area contributed by atoms with Crippen LogP contribution in [-0.2, 0) is 9.30 Å². The lowest BCUT2D eigenvalue weighted by Crippen LogP contribution is -1.87. The average Bonchev–Trinajstić information content (AvgIpc) is 1.85. The van der Waals surface area contributed by atoms with Gasteiger partial charge in [-0.2, -0.15) is 0 Å². The van der Waals surface area contributed by atoms with Gasteiger partial charge >= 0.3 is 7.82 Å². The lowest BCUT2D eigenvalue weighted by atomic mass is 10.6. The minimum Gasteiger partial charge on any atom is -0.373 e. The third-order valence-electron chi connectivity index (χ3n) is 0.471. The Morgan fingerprint density at radius 3 is 1.33 bits per heavy atom. The fraction of sp³-hybridized carbons (Fsp3) is 0.333. The van der Waals surface area contributed by atoms with Crippen molar-refractivity contribution in [2.45, 2.75) is 0 Å². The Morgan fingerprint density at radius 1 is 1.00 bits per heavy atom. The molecule has 0 aromatic rings. The molecule has 0 radical (unpaired) electrons. The maximum absolute atomic E-state index is 8.88. The van der Waals surface area contributed by atoms with Gasteiger partial charge in [-0.05, 0) is 0 Å². The van der Waals surface area contributed by atoms with E-state index in [-0.39, 0.29) is 18.5 Å². The fourth-order valence-corrected chi connectivity index (χ4v) is 0.235. The van der Waals surface area contributed by atoms with Gasteiger partial charge in [0.25, 0.3) is 0 Å². The molecule has 0 bridgehead atoms. The molecule has 15 heavy (non-hydrogen) atoms. The van der Waals surface area contributed by atoms with Gasteiger partial charge in [0.15, 0.2) is 0 Å². The second-order valence-electron chi connectivity index (χ2n) is 1.63. The number of ether oxygens (including phenoxy) is 1. The SMILES string of the molecule is C=CCOCC=C.N.N.N.O=P(O)(O)O. The van der Waals surface area contributed by atoms with Gasteiger partial charge in [0.1, 0.15) is 0 Å². The Hall–Kier alpha value is -0.570. The van der Waals surface area contributed by atoms with Crippen molar-refractivity contribution < 1.29 is 24.0 Å². The third kappa shape index (κ3) is 149. The lowest BCUT2D eigenvalue weighted by molar-refractivity contribution is 0.194. The van der Waals surface area contributed by atoms with Crippen LogP contribution in [0.4, 0.5) is 0 Å². The minimum absolute atomic E-state index is 0. The number of rotatable bonds is 4. The topological polar surface area (TPSA) is 192 Å². The zero-order valence-corrected chi connectivity index (χ0v) is 9.60. The Labute approximate surface area is 89.6 Å². The van der Waals surface area contributed by atoms with E-state index < -0.39 is 7.82 Å². The molecular weight excluding hydrogens is 225 g/mol. The zero-order valence-electron chi connectivity index (χ0n) is 8.71. The van der Waals surface area contributed by atoms with Crippen molar-refractivity contribution in [3.63, 3.8) is 0 Å². The summed E-state index contributed by atoms with van der Waals surface area (Å²) >= 11 is 0. The van der Waals surface area contributed by atoms with Crippen LogP contribution in [0.25, 0.3) is 0 Å². The Balaban J connectivity index is -0.0000000383. The van der Waals surface area contributed by atoms with Gasteiger partial charge in [-0.25, -0.2) is 4.57 Å². The van der Waals surface area contributed by atoms with Gasteiger partial charge in [-0.1, -0.05) is 12.2 Å². The third-order valence-corrected chi connectivity index (χ3v) is 0.471. The molecule has 0 amide bonds. The van der Waals surface area contributed by atoms with Gasteiger partial charge in [-0.3, -0.25) is 0 Å². The summed E-state index contributed by atoms with van der Waals surface area (Å²) in [6.07, 6.45) is 3.42. The smallest absolute Gasteiger partial charge is 0.373 e. The van der Waals surface area contributed by atoms with Gasteiger partial charge in [-0.15, -0.1) is 13.2 Å². The van der Waals surface area contributed by atoms with E-state index in [0.29, 0.717) is 13.2 Å². The lowest BCUT2D eigenvalue weighted by Gasteiger charge is -1.89. The molecule has 0 heterocycles. The van der Waals surface area contributed by atoms with Gasteiger partial charge in [0.05, 0.1) is 13.2 Å². The highest BCUT2D eigenvalue weighted by atomic mass is 31.2. The molecular formula is C6H22N3O5P. The Kier molecular flexibility index (Phi) is 37.2. The monoisotopic (exact) mass is 247 g/mol. The molecule has 0 rings (SSSR count). The van der Waals surface area contributed by atoms with E-state index in [4.69, 9.17) is 24.0 Å². The Bertz CT molecular complexity index is 156. The van der Waals surface area contributed by atoms with Crippen molar-refractivity contribution in [1.82, 2.24) is 18.5 Å². The molecule has 0 unspecified atom stereocenters. The summed E-state index contributed by atoms with van der Waals surface area (Å²) in [4.78, 5) is 21.6. The van der Waals surface area contributed by atoms with Crippen LogP contribution < -0.4 is 18.5 Å². The molecule has 9 heteroatoms. The average molecular weight is 247 g/mol. The molecule has 8 nitrogen and oxygen atoms in total. The summed E-state index contributed by atoms with van der Waals surface area (Å²) in [6.45, 7) is 8.18. The van der Waals surface area contributed by atoms with Crippen LogP contribution in [0, 0.1) is 0 Å².